The molecule has 0 fully saturated rings. The molecule has 1 heterocycles. The summed E-state index contributed by atoms with van der Waals surface area (Å²) in [5.74, 6) is 0.555. The van der Waals surface area contributed by atoms with Gasteiger partial charge in [-0.1, -0.05) is 18.2 Å². The van der Waals surface area contributed by atoms with E-state index in [0.717, 1.165) is 23.1 Å². The van der Waals surface area contributed by atoms with E-state index in [4.69, 9.17) is 11.6 Å². The van der Waals surface area contributed by atoms with Crippen molar-refractivity contribution in [3.8, 4) is 5.75 Å². The van der Waals surface area contributed by atoms with Gasteiger partial charge in [0.1, 0.15) is 11.6 Å². The molecule has 1 aromatic rings. The lowest BCUT2D eigenvalue weighted by atomic mass is 10.0. The molecule has 2 N–H and O–H groups in total. The number of carbonyl (C=O) groups excluding carboxylic acids is 1. The number of alkyl halides is 1. The van der Waals surface area contributed by atoms with E-state index in [1.54, 1.807) is 6.92 Å². The molecule has 4 nitrogen and oxygen atoms in total. The van der Waals surface area contributed by atoms with Crippen LogP contribution in [0.1, 0.15) is 29.7 Å². The van der Waals surface area contributed by atoms with Crippen LogP contribution in [0.2, 0.25) is 0 Å². The van der Waals surface area contributed by atoms with Gasteiger partial charge in [0.15, 0.2) is 0 Å². The van der Waals surface area contributed by atoms with Crippen LogP contribution < -0.4 is 5.32 Å². The lowest BCUT2D eigenvalue weighted by Gasteiger charge is -2.14. The van der Waals surface area contributed by atoms with Gasteiger partial charge < -0.3 is 10.4 Å². The van der Waals surface area contributed by atoms with Crippen molar-refractivity contribution in [2.75, 3.05) is 5.32 Å². The predicted molar refractivity (Wildman–Crippen MR) is 84.8 cm³/mol. The molecule has 1 aromatic heterocycles. The Morgan fingerprint density at radius 3 is 2.76 bits per heavy atom. The number of hydrogen-bond acceptors (Lipinski definition) is 3. The van der Waals surface area contributed by atoms with E-state index in [1.807, 2.05) is 32.1 Å². The minimum Gasteiger partial charge on any atom is -0.506 e. The van der Waals surface area contributed by atoms with Crippen LogP contribution in [0.3, 0.4) is 0 Å². The highest BCUT2D eigenvalue weighted by Crippen LogP contribution is 2.27. The van der Waals surface area contributed by atoms with Crippen molar-refractivity contribution < 1.29 is 9.90 Å². The second-order valence-corrected chi connectivity index (χ2v) is 5.82. The first-order chi connectivity index (χ1) is 9.88. The van der Waals surface area contributed by atoms with Gasteiger partial charge in [0.05, 0.1) is 17.5 Å². The van der Waals surface area contributed by atoms with Crippen LogP contribution in [0.4, 0.5) is 5.82 Å². The number of allylic oxidation sites excluding steroid dienone is 3. The summed E-state index contributed by atoms with van der Waals surface area (Å²) in [6.45, 7) is 5.35. The summed E-state index contributed by atoms with van der Waals surface area (Å²) in [4.78, 5) is 16.3. The molecule has 0 bridgehead atoms. The Bertz CT molecular complexity index is 636. The van der Waals surface area contributed by atoms with Crippen LogP contribution in [0.15, 0.2) is 23.8 Å². The molecule has 1 amide bonds. The number of hydrogen-bond donors (Lipinski definition) is 2. The van der Waals surface area contributed by atoms with E-state index < -0.39 is 0 Å². The lowest BCUT2D eigenvalue weighted by Crippen LogP contribution is -2.15. The standard InChI is InChI=1S/C16H19ClN2O2/c1-9-10(2)16(18-11(3)15(9)21)19-14(20)8-12-4-6-13(17)7-5-12/h4-6,13,21H,7-8H2,1-3H3,(H,18,19,20). The smallest absolute Gasteiger partial charge is 0.229 e. The molecule has 0 aromatic carbocycles. The normalized spacial score (nSPS) is 17.5. The van der Waals surface area contributed by atoms with E-state index in [2.05, 4.69) is 10.3 Å². The molecule has 21 heavy (non-hydrogen) atoms. The SMILES string of the molecule is Cc1nc(NC(=O)CC2=CCC(Cl)C=C2)c(C)c(C)c1O. The van der Waals surface area contributed by atoms with E-state index in [9.17, 15) is 9.90 Å². The van der Waals surface area contributed by atoms with E-state index in [0.29, 0.717) is 17.9 Å². The molecule has 1 aliphatic carbocycles. The first kappa shape index (κ1) is 15.6. The second-order valence-electron chi connectivity index (χ2n) is 5.26. The number of pyridine rings is 1. The Hall–Kier alpha value is -1.81. The number of aromatic hydroxyl groups is 1. The number of rotatable bonds is 3. The summed E-state index contributed by atoms with van der Waals surface area (Å²) in [5, 5.41) is 12.7. The van der Waals surface area contributed by atoms with Crippen LogP contribution in [0.25, 0.3) is 0 Å². The molecule has 0 aliphatic heterocycles. The molecular formula is C16H19ClN2O2. The zero-order valence-corrected chi connectivity index (χ0v) is 13.2. The summed E-state index contributed by atoms with van der Waals surface area (Å²) in [6.07, 6.45) is 6.79. The summed E-state index contributed by atoms with van der Waals surface area (Å²) in [5.41, 5.74) is 2.98. The summed E-state index contributed by atoms with van der Waals surface area (Å²) in [7, 11) is 0. The van der Waals surface area contributed by atoms with Gasteiger partial charge in [-0.2, -0.15) is 0 Å². The first-order valence-corrected chi connectivity index (χ1v) is 7.30. The Morgan fingerprint density at radius 2 is 2.14 bits per heavy atom. The number of aromatic nitrogens is 1. The van der Waals surface area contributed by atoms with E-state index in [1.165, 1.54) is 0 Å². The highest BCUT2D eigenvalue weighted by atomic mass is 35.5. The zero-order valence-electron chi connectivity index (χ0n) is 12.4. The number of amides is 1. The van der Waals surface area contributed by atoms with Crippen LogP contribution in [0, 0.1) is 20.8 Å². The van der Waals surface area contributed by atoms with Gasteiger partial charge in [0.2, 0.25) is 5.91 Å². The molecular weight excluding hydrogens is 288 g/mol. The predicted octanol–water partition coefficient (Wildman–Crippen LogP) is 3.53. The average molecular weight is 307 g/mol. The van der Waals surface area contributed by atoms with Crippen LogP contribution in [-0.4, -0.2) is 21.4 Å². The second kappa shape index (κ2) is 6.31. The van der Waals surface area contributed by atoms with Gasteiger partial charge in [-0.05, 0) is 43.9 Å². The molecule has 0 saturated carbocycles. The van der Waals surface area contributed by atoms with Gasteiger partial charge in [-0.25, -0.2) is 4.98 Å². The highest BCUT2D eigenvalue weighted by molar-refractivity contribution is 6.22. The molecule has 5 heteroatoms. The van der Waals surface area contributed by atoms with Crippen LogP contribution in [0.5, 0.6) is 5.75 Å². The maximum Gasteiger partial charge on any atom is 0.229 e. The highest BCUT2D eigenvalue weighted by Gasteiger charge is 2.14. The number of anilines is 1. The number of halogens is 1. The molecule has 112 valence electrons. The quantitative estimate of drug-likeness (QED) is 0.840. The fourth-order valence-electron chi connectivity index (χ4n) is 2.18. The Balaban J connectivity index is 2.09. The van der Waals surface area contributed by atoms with E-state index in [-0.39, 0.29) is 17.0 Å². The maximum atomic E-state index is 12.1. The number of nitrogens with zero attached hydrogens (tertiary/aromatic N) is 1. The van der Waals surface area contributed by atoms with Crippen molar-refractivity contribution in [3.63, 3.8) is 0 Å². The molecule has 0 saturated heterocycles. The third-order valence-corrected chi connectivity index (χ3v) is 3.97. The van der Waals surface area contributed by atoms with E-state index >= 15 is 0 Å². The molecule has 1 aliphatic rings. The topological polar surface area (TPSA) is 62.2 Å². The van der Waals surface area contributed by atoms with Gasteiger partial charge in [-0.3, -0.25) is 4.79 Å². The van der Waals surface area contributed by atoms with Crippen molar-refractivity contribution in [1.82, 2.24) is 4.98 Å². The monoisotopic (exact) mass is 306 g/mol. The van der Waals surface area contributed by atoms with Crippen LogP contribution >= 0.6 is 11.6 Å². The van der Waals surface area contributed by atoms with Crippen molar-refractivity contribution in [2.45, 2.75) is 39.0 Å². The molecule has 1 atom stereocenters. The van der Waals surface area contributed by atoms with Gasteiger partial charge in [-0.15, -0.1) is 11.6 Å². The number of nitrogens with one attached hydrogen (secondary N) is 1. The van der Waals surface area contributed by atoms with Gasteiger partial charge in [0, 0.05) is 0 Å². The minimum atomic E-state index is -0.126. The maximum absolute atomic E-state index is 12.1. The van der Waals surface area contributed by atoms with Crippen molar-refractivity contribution in [2.24, 2.45) is 0 Å². The largest absolute Gasteiger partial charge is 0.506 e. The van der Waals surface area contributed by atoms with Gasteiger partial charge in [0.25, 0.3) is 0 Å². The summed E-state index contributed by atoms with van der Waals surface area (Å²) < 4.78 is 0. The Morgan fingerprint density at radius 1 is 1.43 bits per heavy atom. The van der Waals surface area contributed by atoms with Crippen LogP contribution in [-0.2, 0) is 4.79 Å². The summed E-state index contributed by atoms with van der Waals surface area (Å²) >= 11 is 5.95. The fourth-order valence-corrected chi connectivity index (χ4v) is 2.35. The first-order valence-electron chi connectivity index (χ1n) is 6.86. The Kier molecular flexibility index (Phi) is 4.68. The minimum absolute atomic E-state index is 0.0168. The van der Waals surface area contributed by atoms with Crippen molar-refractivity contribution in [3.05, 3.63) is 40.6 Å². The molecule has 1 unspecified atom stereocenters. The Labute approximate surface area is 129 Å². The van der Waals surface area contributed by atoms with Crippen molar-refractivity contribution in [1.29, 1.82) is 0 Å². The molecule has 0 radical (unpaired) electrons. The average Bonchev–Trinajstić information content (AvgIpc) is 2.45. The zero-order chi connectivity index (χ0) is 15.6. The third-order valence-electron chi connectivity index (χ3n) is 3.64. The lowest BCUT2D eigenvalue weighted by molar-refractivity contribution is -0.115. The number of aryl methyl sites for hydroxylation is 1. The van der Waals surface area contributed by atoms with Gasteiger partial charge >= 0.3 is 0 Å². The molecule has 2 rings (SSSR count). The molecule has 0 spiro atoms. The third kappa shape index (κ3) is 3.64. The number of carbonyl (C=O) groups is 1. The summed E-state index contributed by atoms with van der Waals surface area (Å²) in [6, 6.07) is 0. The van der Waals surface area contributed by atoms with Crippen molar-refractivity contribution >= 4 is 23.3 Å². The fraction of sp³-hybridized carbons (Fsp3) is 0.375.